The van der Waals surface area contributed by atoms with Crippen molar-refractivity contribution < 1.29 is 0 Å². The Morgan fingerprint density at radius 2 is 1.91 bits per heavy atom. The Labute approximate surface area is 71.7 Å². The summed E-state index contributed by atoms with van der Waals surface area (Å²) in [5.41, 5.74) is 0. The minimum Gasteiger partial charge on any atom is -0.0885 e. The van der Waals surface area contributed by atoms with Crippen molar-refractivity contribution in [1.82, 2.24) is 0 Å². The molecule has 1 radical (unpaired) electrons. The molecule has 0 aromatic carbocycles. The van der Waals surface area contributed by atoms with Crippen LogP contribution in [0.1, 0.15) is 46.0 Å². The number of hydrogen-bond acceptors (Lipinski definition) is 0. The van der Waals surface area contributed by atoms with Crippen LogP contribution in [-0.2, 0) is 0 Å². The lowest BCUT2D eigenvalue weighted by Gasteiger charge is -1.98. The molecule has 65 valence electrons. The van der Waals surface area contributed by atoms with Gasteiger partial charge in [-0.05, 0) is 25.2 Å². The molecule has 0 aliphatic rings. The third-order valence-corrected chi connectivity index (χ3v) is 1.72. The smallest absolute Gasteiger partial charge is 0.0348 e. The van der Waals surface area contributed by atoms with Crippen LogP contribution in [0.4, 0.5) is 0 Å². The zero-order chi connectivity index (χ0) is 8.53. The van der Waals surface area contributed by atoms with Crippen LogP contribution in [0.15, 0.2) is 12.2 Å². The van der Waals surface area contributed by atoms with Gasteiger partial charge in [0.1, 0.15) is 0 Å². The van der Waals surface area contributed by atoms with Gasteiger partial charge in [0.2, 0.25) is 0 Å². The van der Waals surface area contributed by atoms with Crippen molar-refractivity contribution >= 4 is 0 Å². The molecule has 0 aromatic rings. The normalized spacial score (nSPS) is 11.6. The highest BCUT2D eigenvalue weighted by atomic mass is 13.9. The second-order valence-electron chi connectivity index (χ2n) is 3.30. The fraction of sp³-hybridized carbons (Fsp3) is 0.727. The molecule has 0 rings (SSSR count). The summed E-state index contributed by atoms with van der Waals surface area (Å²) in [6.45, 7) is 8.33. The number of rotatable bonds is 6. The van der Waals surface area contributed by atoms with E-state index < -0.39 is 0 Å². The summed E-state index contributed by atoms with van der Waals surface area (Å²) in [4.78, 5) is 0. The predicted octanol–water partition coefficient (Wildman–Crippen LogP) is 3.98. The Kier molecular flexibility index (Phi) is 7.66. The van der Waals surface area contributed by atoms with Gasteiger partial charge in [-0.2, -0.15) is 0 Å². The van der Waals surface area contributed by atoms with Gasteiger partial charge in [-0.15, -0.1) is 0 Å². The van der Waals surface area contributed by atoms with Crippen molar-refractivity contribution in [3.05, 3.63) is 19.1 Å². The van der Waals surface area contributed by atoms with Crippen molar-refractivity contribution in [2.45, 2.75) is 46.0 Å². The average molecular weight is 153 g/mol. The molecule has 1 unspecified atom stereocenters. The molecule has 0 heterocycles. The first-order chi connectivity index (χ1) is 5.27. The van der Waals surface area contributed by atoms with Crippen LogP contribution < -0.4 is 0 Å². The van der Waals surface area contributed by atoms with E-state index in [4.69, 9.17) is 0 Å². The molecule has 0 saturated carbocycles. The first-order valence-corrected chi connectivity index (χ1v) is 4.75. The molecule has 0 amide bonds. The topological polar surface area (TPSA) is 0 Å². The predicted molar refractivity (Wildman–Crippen MR) is 52.4 cm³/mol. The third-order valence-electron chi connectivity index (χ3n) is 1.72. The van der Waals surface area contributed by atoms with Crippen molar-refractivity contribution in [1.29, 1.82) is 0 Å². The van der Waals surface area contributed by atoms with Crippen molar-refractivity contribution in [2.75, 3.05) is 0 Å². The van der Waals surface area contributed by atoms with E-state index in [1.165, 1.54) is 32.1 Å². The van der Waals surface area contributed by atoms with Crippen molar-refractivity contribution in [3.63, 3.8) is 0 Å². The maximum Gasteiger partial charge on any atom is -0.0348 e. The van der Waals surface area contributed by atoms with Crippen LogP contribution in [0, 0.1) is 12.8 Å². The van der Waals surface area contributed by atoms with Gasteiger partial charge < -0.3 is 0 Å². The maximum absolute atomic E-state index is 3.94. The Hall–Kier alpha value is -0.260. The lowest BCUT2D eigenvalue weighted by Crippen LogP contribution is -1.84. The van der Waals surface area contributed by atoms with Gasteiger partial charge in [0.15, 0.2) is 0 Å². The Morgan fingerprint density at radius 3 is 2.45 bits per heavy atom. The molecule has 0 heteroatoms. The van der Waals surface area contributed by atoms with Crippen molar-refractivity contribution in [3.8, 4) is 0 Å². The summed E-state index contributed by atoms with van der Waals surface area (Å²) in [5.74, 6) is 0.603. The van der Waals surface area contributed by atoms with E-state index in [-0.39, 0.29) is 0 Å². The molecule has 11 heavy (non-hydrogen) atoms. The highest BCUT2D eigenvalue weighted by Gasteiger charge is 1.88. The zero-order valence-electron chi connectivity index (χ0n) is 7.97. The number of unbranched alkanes of at least 4 members (excludes halogenated alkanes) is 2. The standard InChI is InChI=1S/C11H21/c1-4-5-6-7-8-9-10-11(2)3/h7-8,11H,2,4-6,9-10H2,1,3H3/b8-7+. The van der Waals surface area contributed by atoms with Crippen LogP contribution in [0.25, 0.3) is 0 Å². The average Bonchev–Trinajstić information content (AvgIpc) is 1.96. The second-order valence-corrected chi connectivity index (χ2v) is 3.30. The SMILES string of the molecule is [CH2]C(C)CC/C=C/CCCC. The molecule has 0 fully saturated rings. The number of hydrogen-bond donors (Lipinski definition) is 0. The highest BCUT2D eigenvalue weighted by molar-refractivity contribution is 4.81. The summed E-state index contributed by atoms with van der Waals surface area (Å²) >= 11 is 0. The quantitative estimate of drug-likeness (QED) is 0.400. The van der Waals surface area contributed by atoms with E-state index in [9.17, 15) is 0 Å². The van der Waals surface area contributed by atoms with Gasteiger partial charge in [-0.25, -0.2) is 0 Å². The zero-order valence-corrected chi connectivity index (χ0v) is 7.97. The van der Waals surface area contributed by atoms with E-state index >= 15 is 0 Å². The molecule has 0 N–H and O–H groups in total. The molecule has 0 saturated heterocycles. The molecule has 0 nitrogen and oxygen atoms in total. The largest absolute Gasteiger partial charge is 0.0885 e. The molecule has 1 atom stereocenters. The summed E-state index contributed by atoms with van der Waals surface area (Å²) < 4.78 is 0. The summed E-state index contributed by atoms with van der Waals surface area (Å²) in [7, 11) is 0. The summed E-state index contributed by atoms with van der Waals surface area (Å²) in [6, 6.07) is 0. The second kappa shape index (κ2) is 7.84. The van der Waals surface area contributed by atoms with E-state index in [1.54, 1.807) is 0 Å². The van der Waals surface area contributed by atoms with Gasteiger partial charge in [0.05, 0.1) is 0 Å². The minimum absolute atomic E-state index is 0.603. The fourth-order valence-electron chi connectivity index (χ4n) is 0.938. The van der Waals surface area contributed by atoms with Crippen LogP contribution >= 0.6 is 0 Å². The minimum atomic E-state index is 0.603. The van der Waals surface area contributed by atoms with Gasteiger partial charge in [-0.1, -0.05) is 45.8 Å². The summed E-state index contributed by atoms with van der Waals surface area (Å²) in [5, 5.41) is 0. The van der Waals surface area contributed by atoms with Crippen LogP contribution in [-0.4, -0.2) is 0 Å². The Bertz CT molecular complexity index is 90.2. The van der Waals surface area contributed by atoms with Gasteiger partial charge in [-0.3, -0.25) is 0 Å². The fourth-order valence-corrected chi connectivity index (χ4v) is 0.938. The van der Waals surface area contributed by atoms with Gasteiger partial charge in [0.25, 0.3) is 0 Å². The van der Waals surface area contributed by atoms with Crippen LogP contribution in [0.2, 0.25) is 0 Å². The molecule has 0 aromatic heterocycles. The highest BCUT2D eigenvalue weighted by Crippen LogP contribution is 2.04. The van der Waals surface area contributed by atoms with Crippen LogP contribution in [0.5, 0.6) is 0 Å². The van der Waals surface area contributed by atoms with Gasteiger partial charge in [0, 0.05) is 0 Å². The van der Waals surface area contributed by atoms with E-state index in [1.807, 2.05) is 0 Å². The third kappa shape index (κ3) is 9.74. The molecule has 0 bridgehead atoms. The summed E-state index contributed by atoms with van der Waals surface area (Å²) in [6.07, 6.45) is 10.9. The Morgan fingerprint density at radius 1 is 1.27 bits per heavy atom. The lowest BCUT2D eigenvalue weighted by atomic mass is 10.1. The molecular weight excluding hydrogens is 132 g/mol. The maximum atomic E-state index is 3.94. The molecule has 0 aliphatic heterocycles. The molecule has 0 spiro atoms. The molecule has 0 aliphatic carbocycles. The van der Waals surface area contributed by atoms with E-state index in [2.05, 4.69) is 32.9 Å². The molecular formula is C11H21. The monoisotopic (exact) mass is 153 g/mol. The number of allylic oxidation sites excluding steroid dienone is 2. The van der Waals surface area contributed by atoms with Gasteiger partial charge >= 0.3 is 0 Å². The van der Waals surface area contributed by atoms with Crippen LogP contribution in [0.3, 0.4) is 0 Å². The van der Waals surface area contributed by atoms with E-state index in [0.717, 1.165) is 0 Å². The van der Waals surface area contributed by atoms with Crippen molar-refractivity contribution in [2.24, 2.45) is 5.92 Å². The first-order valence-electron chi connectivity index (χ1n) is 4.75. The Balaban J connectivity index is 3.03. The lowest BCUT2D eigenvalue weighted by molar-refractivity contribution is 0.652. The van der Waals surface area contributed by atoms with E-state index in [0.29, 0.717) is 5.92 Å². The first kappa shape index (κ1) is 10.7.